The Hall–Kier alpha value is -3.84. The molecule has 0 aromatic heterocycles. The molecule has 0 spiro atoms. The minimum absolute atomic E-state index is 0.0903. The molecule has 1 N–H and O–H groups in total. The van der Waals surface area contributed by atoms with Gasteiger partial charge in [-0.15, -0.1) is 0 Å². The fourth-order valence-corrected chi connectivity index (χ4v) is 5.06. The van der Waals surface area contributed by atoms with Gasteiger partial charge in [0.15, 0.2) is 11.5 Å². The monoisotopic (exact) mass is 486 g/mol. The Morgan fingerprint density at radius 2 is 1.69 bits per heavy atom. The van der Waals surface area contributed by atoms with Gasteiger partial charge in [-0.1, -0.05) is 56.3 Å². The summed E-state index contributed by atoms with van der Waals surface area (Å²) in [5, 5.41) is 13.4. The Labute approximate surface area is 210 Å². The molecular weight excluding hydrogens is 456 g/mol. The SMILES string of the molecule is CCN(CC)CCN1C(=O)C(=O)C(=C(O)c2ccc3c(c2)OCCO3)[C@@H]1c1cccc2ccccc12. The smallest absolute Gasteiger partial charge is 0.295 e. The van der Waals surface area contributed by atoms with Crippen molar-refractivity contribution in [3.05, 3.63) is 77.4 Å². The largest absolute Gasteiger partial charge is 0.507 e. The second-order valence-corrected chi connectivity index (χ2v) is 8.95. The summed E-state index contributed by atoms with van der Waals surface area (Å²) in [4.78, 5) is 30.6. The summed E-state index contributed by atoms with van der Waals surface area (Å²) in [6.45, 7) is 7.69. The Kier molecular flexibility index (Phi) is 6.65. The number of benzene rings is 3. The first kappa shape index (κ1) is 23.9. The molecule has 0 saturated carbocycles. The minimum atomic E-state index is -0.708. The summed E-state index contributed by atoms with van der Waals surface area (Å²) >= 11 is 0. The van der Waals surface area contributed by atoms with Crippen molar-refractivity contribution < 1.29 is 24.2 Å². The number of hydrogen-bond acceptors (Lipinski definition) is 6. The maximum atomic E-state index is 13.4. The van der Waals surface area contributed by atoms with E-state index in [9.17, 15) is 14.7 Å². The van der Waals surface area contributed by atoms with Crippen LogP contribution >= 0.6 is 0 Å². The molecule has 36 heavy (non-hydrogen) atoms. The van der Waals surface area contributed by atoms with Gasteiger partial charge in [0.25, 0.3) is 11.7 Å². The van der Waals surface area contributed by atoms with Crippen LogP contribution in [-0.2, 0) is 9.59 Å². The van der Waals surface area contributed by atoms with Crippen LogP contribution in [0.3, 0.4) is 0 Å². The number of hydrogen-bond donors (Lipinski definition) is 1. The molecule has 7 heteroatoms. The van der Waals surface area contributed by atoms with Gasteiger partial charge in [-0.05, 0) is 47.6 Å². The van der Waals surface area contributed by atoms with E-state index in [0.717, 1.165) is 29.4 Å². The zero-order valence-corrected chi connectivity index (χ0v) is 20.6. The number of aliphatic hydroxyl groups excluding tert-OH is 1. The van der Waals surface area contributed by atoms with Crippen molar-refractivity contribution in [3.63, 3.8) is 0 Å². The average Bonchev–Trinajstić information content (AvgIpc) is 3.17. The number of ether oxygens (including phenoxy) is 2. The number of likely N-dealkylation sites (N-methyl/N-ethyl adjacent to an activating group) is 1. The third-order valence-electron chi connectivity index (χ3n) is 7.03. The van der Waals surface area contributed by atoms with Crippen LogP contribution in [0, 0.1) is 0 Å². The van der Waals surface area contributed by atoms with Crippen molar-refractivity contribution in [2.75, 3.05) is 39.4 Å². The highest BCUT2D eigenvalue weighted by Crippen LogP contribution is 2.42. The Bertz CT molecular complexity index is 1340. The van der Waals surface area contributed by atoms with Gasteiger partial charge in [-0.2, -0.15) is 0 Å². The van der Waals surface area contributed by atoms with Crippen LogP contribution < -0.4 is 9.47 Å². The van der Waals surface area contributed by atoms with Crippen LogP contribution in [0.4, 0.5) is 0 Å². The minimum Gasteiger partial charge on any atom is -0.507 e. The molecule has 5 rings (SSSR count). The van der Waals surface area contributed by atoms with Gasteiger partial charge in [0.1, 0.15) is 19.0 Å². The van der Waals surface area contributed by atoms with Crippen LogP contribution in [0.2, 0.25) is 0 Å². The molecular formula is C29H30N2O5. The number of carbonyl (C=O) groups excluding carboxylic acids is 2. The second kappa shape index (κ2) is 10.0. The summed E-state index contributed by atoms with van der Waals surface area (Å²) in [5.74, 6) is -0.404. The van der Waals surface area contributed by atoms with Crippen LogP contribution in [0.1, 0.15) is 31.0 Å². The third kappa shape index (κ3) is 4.20. The first-order chi connectivity index (χ1) is 17.5. The lowest BCUT2D eigenvalue weighted by molar-refractivity contribution is -0.140. The van der Waals surface area contributed by atoms with Crippen LogP contribution in [0.25, 0.3) is 16.5 Å². The van der Waals surface area contributed by atoms with E-state index in [2.05, 4.69) is 18.7 Å². The molecule has 0 unspecified atom stereocenters. The molecule has 3 aromatic carbocycles. The van der Waals surface area contributed by atoms with Crippen molar-refractivity contribution in [1.29, 1.82) is 0 Å². The quantitative estimate of drug-likeness (QED) is 0.303. The first-order valence-corrected chi connectivity index (χ1v) is 12.4. The van der Waals surface area contributed by atoms with Crippen molar-refractivity contribution in [3.8, 4) is 11.5 Å². The predicted octanol–water partition coefficient (Wildman–Crippen LogP) is 4.37. The molecule has 2 aliphatic rings. The average molecular weight is 487 g/mol. The standard InChI is InChI=1S/C29H30N2O5/c1-3-30(4-2)14-15-31-26(22-11-7-9-19-8-5-6-10-21(19)22)25(28(33)29(31)34)27(32)20-12-13-23-24(18-20)36-17-16-35-23/h5-13,18,26,32H,3-4,14-17H2,1-2H3/t26-/m0/s1. The fourth-order valence-electron chi connectivity index (χ4n) is 5.06. The molecule has 0 bridgehead atoms. The molecule has 186 valence electrons. The number of amides is 1. The van der Waals surface area contributed by atoms with Crippen molar-refractivity contribution in [2.45, 2.75) is 19.9 Å². The number of carbonyl (C=O) groups is 2. The van der Waals surface area contributed by atoms with E-state index >= 15 is 0 Å². The van der Waals surface area contributed by atoms with Gasteiger partial charge in [-0.3, -0.25) is 9.59 Å². The van der Waals surface area contributed by atoms with E-state index in [1.165, 1.54) is 0 Å². The van der Waals surface area contributed by atoms with Gasteiger partial charge in [0, 0.05) is 18.7 Å². The first-order valence-electron chi connectivity index (χ1n) is 12.4. The lowest BCUT2D eigenvalue weighted by Gasteiger charge is -2.29. The number of rotatable bonds is 7. The van der Waals surface area contributed by atoms with Crippen molar-refractivity contribution in [1.82, 2.24) is 9.80 Å². The van der Waals surface area contributed by atoms with Gasteiger partial charge >= 0.3 is 0 Å². The van der Waals surface area contributed by atoms with E-state index < -0.39 is 17.7 Å². The van der Waals surface area contributed by atoms with E-state index in [4.69, 9.17) is 9.47 Å². The number of aliphatic hydroxyl groups is 1. The molecule has 0 radical (unpaired) electrons. The van der Waals surface area contributed by atoms with Gasteiger partial charge in [0.2, 0.25) is 0 Å². The maximum Gasteiger partial charge on any atom is 0.295 e. The van der Waals surface area contributed by atoms with E-state index in [0.29, 0.717) is 43.4 Å². The van der Waals surface area contributed by atoms with Gasteiger partial charge in [-0.25, -0.2) is 0 Å². The molecule has 2 heterocycles. The zero-order valence-electron chi connectivity index (χ0n) is 20.6. The summed E-state index contributed by atoms with van der Waals surface area (Å²) < 4.78 is 11.3. The molecule has 7 nitrogen and oxygen atoms in total. The van der Waals surface area contributed by atoms with Crippen LogP contribution in [0.5, 0.6) is 11.5 Å². The van der Waals surface area contributed by atoms with Gasteiger partial charge in [0.05, 0.1) is 11.6 Å². The summed E-state index contributed by atoms with van der Waals surface area (Å²) in [7, 11) is 0. The van der Waals surface area contributed by atoms with Crippen molar-refractivity contribution >= 4 is 28.2 Å². The maximum absolute atomic E-state index is 13.4. The Balaban J connectivity index is 1.66. The molecule has 0 aliphatic carbocycles. The zero-order chi connectivity index (χ0) is 25.2. The highest BCUT2D eigenvalue weighted by molar-refractivity contribution is 6.46. The van der Waals surface area contributed by atoms with E-state index in [-0.39, 0.29) is 11.3 Å². The number of likely N-dealkylation sites (tertiary alicyclic amines) is 1. The fraction of sp³-hybridized carbons (Fsp3) is 0.310. The normalized spacial score (nSPS) is 18.9. The Morgan fingerprint density at radius 1 is 0.972 bits per heavy atom. The lowest BCUT2D eigenvalue weighted by atomic mass is 9.91. The summed E-state index contributed by atoms with van der Waals surface area (Å²) in [5.41, 5.74) is 1.31. The highest BCUT2D eigenvalue weighted by Gasteiger charge is 2.46. The van der Waals surface area contributed by atoms with E-state index in [1.54, 1.807) is 23.1 Å². The van der Waals surface area contributed by atoms with Crippen LogP contribution in [-0.4, -0.2) is 66.0 Å². The molecule has 1 amide bonds. The van der Waals surface area contributed by atoms with Crippen LogP contribution in [0.15, 0.2) is 66.2 Å². The predicted molar refractivity (Wildman–Crippen MR) is 138 cm³/mol. The number of Topliss-reactive ketones (excluding diaryl/α,β-unsaturated/α-hetero) is 1. The summed E-state index contributed by atoms with van der Waals surface area (Å²) in [6.07, 6.45) is 0. The molecule has 1 fully saturated rings. The second-order valence-electron chi connectivity index (χ2n) is 8.95. The number of fused-ring (bicyclic) bond motifs is 2. The summed E-state index contributed by atoms with van der Waals surface area (Å²) in [6, 6.07) is 18.1. The molecule has 2 aliphatic heterocycles. The highest BCUT2D eigenvalue weighted by atomic mass is 16.6. The van der Waals surface area contributed by atoms with Crippen molar-refractivity contribution in [2.24, 2.45) is 0 Å². The Morgan fingerprint density at radius 3 is 2.47 bits per heavy atom. The van der Waals surface area contributed by atoms with Gasteiger partial charge < -0.3 is 24.4 Å². The topological polar surface area (TPSA) is 79.3 Å². The number of ketones is 1. The molecule has 3 aromatic rings. The molecule has 1 saturated heterocycles. The molecule has 1 atom stereocenters. The lowest BCUT2D eigenvalue weighted by Crippen LogP contribution is -2.38. The third-order valence-corrected chi connectivity index (χ3v) is 7.03. The number of nitrogens with zero attached hydrogens (tertiary/aromatic N) is 2. The van der Waals surface area contributed by atoms with E-state index in [1.807, 2.05) is 42.5 Å².